The maximum atomic E-state index is 5.99. The lowest BCUT2D eigenvalue weighted by molar-refractivity contribution is 0.450. The zero-order chi connectivity index (χ0) is 17.0. The Morgan fingerprint density at radius 3 is 2.50 bits per heavy atom. The summed E-state index contributed by atoms with van der Waals surface area (Å²) in [6.45, 7) is 11.9. The number of hydrogen-bond acceptors (Lipinski definition) is 2. The summed E-state index contributed by atoms with van der Waals surface area (Å²) in [5.74, 6) is 0.821. The average Bonchev–Trinajstić information content (AvgIpc) is 2.79. The molecule has 0 spiro atoms. The van der Waals surface area contributed by atoms with E-state index >= 15 is 0 Å². The van der Waals surface area contributed by atoms with E-state index < -0.39 is 0 Å². The minimum atomic E-state index is 0. The number of nitrogens with zero attached hydrogens (tertiary/aromatic N) is 3. The number of nitrogens with one attached hydrogen (secondary N) is 1. The quantitative estimate of drug-likeness (QED) is 0.422. The predicted octanol–water partition coefficient (Wildman–Crippen LogP) is 3.80. The average molecular weight is 441 g/mol. The number of nitrogens with two attached hydrogens (primary N) is 1. The normalized spacial score (nSPS) is 12.6. The Balaban J connectivity index is 0.00000288. The van der Waals surface area contributed by atoms with Crippen LogP contribution in [-0.4, -0.2) is 22.3 Å². The molecule has 0 fully saturated rings. The number of guanidine groups is 1. The fourth-order valence-corrected chi connectivity index (χ4v) is 2.47. The van der Waals surface area contributed by atoms with E-state index in [0.29, 0.717) is 18.4 Å². The Labute approximate surface area is 161 Å². The molecule has 1 heterocycles. The Morgan fingerprint density at radius 1 is 1.21 bits per heavy atom. The highest BCUT2D eigenvalue weighted by Gasteiger charge is 2.07. The van der Waals surface area contributed by atoms with Gasteiger partial charge in [-0.25, -0.2) is 0 Å². The van der Waals surface area contributed by atoms with Gasteiger partial charge in [0.25, 0.3) is 0 Å². The molecule has 0 aliphatic carbocycles. The van der Waals surface area contributed by atoms with Crippen molar-refractivity contribution in [3.63, 3.8) is 0 Å². The summed E-state index contributed by atoms with van der Waals surface area (Å²) >= 11 is 0. The Hall–Kier alpha value is -1.57. The molecule has 0 aliphatic rings. The molecule has 132 valence electrons. The first-order chi connectivity index (χ1) is 10.8. The van der Waals surface area contributed by atoms with Gasteiger partial charge in [0.2, 0.25) is 0 Å². The molecule has 3 N–H and O–H groups in total. The minimum Gasteiger partial charge on any atom is -0.370 e. The van der Waals surface area contributed by atoms with Crippen molar-refractivity contribution < 1.29 is 0 Å². The van der Waals surface area contributed by atoms with Crippen molar-refractivity contribution in [2.45, 2.75) is 41.2 Å². The number of rotatable bonds is 5. The topological polar surface area (TPSA) is 68.2 Å². The summed E-state index contributed by atoms with van der Waals surface area (Å²) in [5.41, 5.74) is 11.7. The number of halogens is 1. The second-order valence-corrected chi connectivity index (χ2v) is 6.36. The van der Waals surface area contributed by atoms with Gasteiger partial charge in [0, 0.05) is 24.5 Å². The van der Waals surface area contributed by atoms with Gasteiger partial charge >= 0.3 is 0 Å². The van der Waals surface area contributed by atoms with Gasteiger partial charge in [0.05, 0.1) is 5.69 Å². The third-order valence-electron chi connectivity index (χ3n) is 3.94. The molecular formula is C18H28IN5. The van der Waals surface area contributed by atoms with Gasteiger partial charge in [-0.05, 0) is 62.9 Å². The van der Waals surface area contributed by atoms with Crippen molar-refractivity contribution in [2.24, 2.45) is 16.6 Å². The van der Waals surface area contributed by atoms with E-state index in [1.54, 1.807) is 0 Å². The lowest BCUT2D eigenvalue weighted by Gasteiger charge is -2.12. The van der Waals surface area contributed by atoms with Gasteiger partial charge in [-0.2, -0.15) is 5.10 Å². The van der Waals surface area contributed by atoms with E-state index in [1.807, 2.05) is 17.7 Å². The highest BCUT2D eigenvalue weighted by Crippen LogP contribution is 2.14. The first-order valence-electron chi connectivity index (χ1n) is 8.00. The molecule has 0 saturated heterocycles. The minimum absolute atomic E-state index is 0. The molecule has 1 unspecified atom stereocenters. The van der Waals surface area contributed by atoms with Crippen LogP contribution in [0.25, 0.3) is 0 Å². The van der Waals surface area contributed by atoms with Gasteiger partial charge in [-0.15, -0.1) is 24.0 Å². The van der Waals surface area contributed by atoms with E-state index in [1.165, 1.54) is 16.8 Å². The summed E-state index contributed by atoms with van der Waals surface area (Å²) in [5, 5.41) is 7.63. The third kappa shape index (κ3) is 5.81. The Kier molecular flexibility index (Phi) is 7.72. The van der Waals surface area contributed by atoms with Gasteiger partial charge in [-0.1, -0.05) is 13.0 Å². The maximum absolute atomic E-state index is 5.99. The van der Waals surface area contributed by atoms with Crippen molar-refractivity contribution in [1.82, 2.24) is 9.78 Å². The zero-order valence-corrected chi connectivity index (χ0v) is 17.5. The van der Waals surface area contributed by atoms with Crippen LogP contribution in [0, 0.1) is 33.6 Å². The molecule has 6 heteroatoms. The molecule has 1 aromatic heterocycles. The van der Waals surface area contributed by atoms with Crippen LogP contribution < -0.4 is 11.1 Å². The van der Waals surface area contributed by atoms with Gasteiger partial charge in [0.15, 0.2) is 5.96 Å². The zero-order valence-electron chi connectivity index (χ0n) is 15.1. The van der Waals surface area contributed by atoms with Crippen molar-refractivity contribution in [2.75, 3.05) is 11.9 Å². The molecule has 0 bridgehead atoms. The highest BCUT2D eigenvalue weighted by atomic mass is 127. The van der Waals surface area contributed by atoms with Crippen LogP contribution in [0.2, 0.25) is 0 Å². The van der Waals surface area contributed by atoms with Gasteiger partial charge in [-0.3, -0.25) is 9.67 Å². The SMILES string of the molecule is Cc1cc(C)n(CC(C)CN=C(N)Nc2ccc(C)c(C)c2)n1.I. The molecule has 0 aliphatic heterocycles. The molecular weight excluding hydrogens is 413 g/mol. The molecule has 0 radical (unpaired) electrons. The molecule has 0 amide bonds. The highest BCUT2D eigenvalue weighted by molar-refractivity contribution is 14.0. The Bertz CT molecular complexity index is 705. The van der Waals surface area contributed by atoms with Crippen LogP contribution in [0.5, 0.6) is 0 Å². The van der Waals surface area contributed by atoms with E-state index in [2.05, 4.69) is 61.3 Å². The van der Waals surface area contributed by atoms with Crippen molar-refractivity contribution in [1.29, 1.82) is 0 Å². The van der Waals surface area contributed by atoms with E-state index in [4.69, 9.17) is 5.73 Å². The van der Waals surface area contributed by atoms with Gasteiger partial charge in [0.1, 0.15) is 0 Å². The predicted molar refractivity (Wildman–Crippen MR) is 112 cm³/mol. The number of aliphatic imine (C=N–C) groups is 1. The van der Waals surface area contributed by atoms with Crippen molar-refractivity contribution in [3.05, 3.63) is 46.8 Å². The number of anilines is 1. The second-order valence-electron chi connectivity index (χ2n) is 6.36. The first-order valence-corrected chi connectivity index (χ1v) is 8.00. The fourth-order valence-electron chi connectivity index (χ4n) is 2.47. The van der Waals surface area contributed by atoms with Crippen LogP contribution in [0.4, 0.5) is 5.69 Å². The number of hydrogen-bond donors (Lipinski definition) is 2. The summed E-state index contributed by atoms with van der Waals surface area (Å²) < 4.78 is 2.03. The second kappa shape index (κ2) is 9.05. The summed E-state index contributed by atoms with van der Waals surface area (Å²) in [4.78, 5) is 4.45. The summed E-state index contributed by atoms with van der Waals surface area (Å²) in [6, 6.07) is 8.27. The molecule has 1 aromatic carbocycles. The molecule has 24 heavy (non-hydrogen) atoms. The van der Waals surface area contributed by atoms with E-state index in [0.717, 1.165) is 17.9 Å². The number of benzene rings is 1. The largest absolute Gasteiger partial charge is 0.370 e. The van der Waals surface area contributed by atoms with Crippen LogP contribution in [-0.2, 0) is 6.54 Å². The van der Waals surface area contributed by atoms with Crippen LogP contribution in [0.1, 0.15) is 29.4 Å². The van der Waals surface area contributed by atoms with E-state index in [9.17, 15) is 0 Å². The number of aromatic nitrogens is 2. The smallest absolute Gasteiger partial charge is 0.193 e. The lowest BCUT2D eigenvalue weighted by atomic mass is 10.1. The fraction of sp³-hybridized carbons (Fsp3) is 0.444. The van der Waals surface area contributed by atoms with Gasteiger partial charge < -0.3 is 11.1 Å². The van der Waals surface area contributed by atoms with Crippen LogP contribution >= 0.6 is 24.0 Å². The van der Waals surface area contributed by atoms with Crippen molar-refractivity contribution >= 4 is 35.6 Å². The van der Waals surface area contributed by atoms with Crippen LogP contribution in [0.15, 0.2) is 29.3 Å². The first kappa shape index (κ1) is 20.5. The van der Waals surface area contributed by atoms with Crippen LogP contribution in [0.3, 0.4) is 0 Å². The maximum Gasteiger partial charge on any atom is 0.193 e. The van der Waals surface area contributed by atoms with E-state index in [-0.39, 0.29) is 24.0 Å². The summed E-state index contributed by atoms with van der Waals surface area (Å²) in [6.07, 6.45) is 0. The standard InChI is InChI=1S/C18H27N5.HI/c1-12(11-23-16(5)9-15(4)22-23)10-20-18(19)21-17-7-6-13(2)14(3)8-17;/h6-9,12H,10-11H2,1-5H3,(H3,19,20,21);1H. The lowest BCUT2D eigenvalue weighted by Crippen LogP contribution is -2.24. The number of aryl methyl sites for hydroxylation is 4. The molecule has 2 aromatic rings. The molecule has 5 nitrogen and oxygen atoms in total. The third-order valence-corrected chi connectivity index (χ3v) is 3.94. The molecule has 1 atom stereocenters. The summed E-state index contributed by atoms with van der Waals surface area (Å²) in [7, 11) is 0. The monoisotopic (exact) mass is 441 g/mol. The molecule has 2 rings (SSSR count). The molecule has 0 saturated carbocycles. The van der Waals surface area contributed by atoms with Crippen molar-refractivity contribution in [3.8, 4) is 0 Å². The Morgan fingerprint density at radius 2 is 1.92 bits per heavy atom.